The predicted octanol–water partition coefficient (Wildman–Crippen LogP) is 2.89. The molecule has 0 spiro atoms. The number of hydrogen-bond acceptors (Lipinski definition) is 2. The van der Waals surface area contributed by atoms with Crippen molar-refractivity contribution in [3.8, 4) is 0 Å². The zero-order chi connectivity index (χ0) is 12.5. The van der Waals surface area contributed by atoms with Crippen LogP contribution in [0.2, 0.25) is 0 Å². The number of aryl methyl sites for hydroxylation is 1. The van der Waals surface area contributed by atoms with E-state index in [0.29, 0.717) is 0 Å². The average Bonchev–Trinajstić information content (AvgIpc) is 2.41. The summed E-state index contributed by atoms with van der Waals surface area (Å²) in [6.45, 7) is 6.98. The Bertz CT molecular complexity index is 437. The van der Waals surface area contributed by atoms with Crippen LogP contribution in [0.5, 0.6) is 0 Å². The minimum absolute atomic E-state index is 0. The molecule has 0 unspecified atom stereocenters. The molecule has 1 heterocycles. The summed E-state index contributed by atoms with van der Waals surface area (Å²) in [6, 6.07) is 4.66. The molecule has 20 heavy (non-hydrogen) atoms. The van der Waals surface area contributed by atoms with E-state index in [1.54, 1.807) is 11.1 Å². The van der Waals surface area contributed by atoms with Crippen molar-refractivity contribution in [3.05, 3.63) is 42.7 Å². The van der Waals surface area contributed by atoms with E-state index < -0.39 is 0 Å². The summed E-state index contributed by atoms with van der Waals surface area (Å²) in [7, 11) is 2.22. The molecule has 1 aromatic rings. The molecular weight excluding hydrogens is 321 g/mol. The number of anilines is 1. The topological polar surface area (TPSA) is 6.48 Å². The predicted molar refractivity (Wildman–Crippen MR) is 83.6 cm³/mol. The smallest absolute Gasteiger partial charge is 0.0376 e. The van der Waals surface area contributed by atoms with Gasteiger partial charge in [0.25, 0.3) is 0 Å². The van der Waals surface area contributed by atoms with Crippen LogP contribution in [0.1, 0.15) is 23.1 Å². The van der Waals surface area contributed by atoms with Crippen molar-refractivity contribution >= 4 is 5.69 Å². The summed E-state index contributed by atoms with van der Waals surface area (Å²) in [5, 5.41) is 0. The minimum Gasteiger partial charge on any atom is -0.369 e. The molecule has 0 aromatic heterocycles. The van der Waals surface area contributed by atoms with Gasteiger partial charge in [0.05, 0.1) is 0 Å². The zero-order valence-electron chi connectivity index (χ0n) is 13.2. The van der Waals surface area contributed by atoms with Gasteiger partial charge in [0.15, 0.2) is 0 Å². The molecule has 0 amide bonds. The van der Waals surface area contributed by atoms with E-state index in [-0.39, 0.29) is 40.1 Å². The molecule has 0 atom stereocenters. The molecule has 2 nitrogen and oxygen atoms in total. The largest absolute Gasteiger partial charge is 0.369 e. The Morgan fingerprint density at radius 2 is 1.75 bits per heavy atom. The molecule has 1 saturated heterocycles. The fraction of sp³-hybridized carbons (Fsp3) is 0.529. The third-order valence-electron chi connectivity index (χ3n) is 4.43. The van der Waals surface area contributed by atoms with Crippen molar-refractivity contribution in [1.29, 1.82) is 0 Å². The number of hydrogen-bond donors (Lipinski definition) is 0. The van der Waals surface area contributed by atoms with Gasteiger partial charge in [-0.05, 0) is 31.2 Å². The zero-order valence-corrected chi connectivity index (χ0v) is 16.0. The first-order valence-corrected chi connectivity index (χ1v) is 7.12. The van der Waals surface area contributed by atoms with Gasteiger partial charge in [0.2, 0.25) is 0 Å². The molecule has 1 radical (unpaired) electrons. The number of likely N-dealkylation sites (N-methyl/N-ethyl adjacent to an activating group) is 1. The first-order chi connectivity index (χ1) is 8.75. The average molecular weight is 347 g/mol. The minimum atomic E-state index is 0. The molecule has 1 aromatic carbocycles. The molecule has 2 aliphatic rings. The quantitative estimate of drug-likeness (QED) is 0.721. The van der Waals surface area contributed by atoms with Crippen molar-refractivity contribution in [2.24, 2.45) is 0 Å². The molecule has 1 fully saturated rings. The van der Waals surface area contributed by atoms with E-state index in [1.807, 2.05) is 0 Å². The molecule has 1 aliphatic carbocycles. The van der Waals surface area contributed by atoms with Gasteiger partial charge in [-0.3, -0.25) is 0 Å². The normalized spacial score (nSPS) is 18.8. The fourth-order valence-electron chi connectivity index (χ4n) is 3.21. The van der Waals surface area contributed by atoms with Crippen LogP contribution in [-0.4, -0.2) is 38.1 Å². The Kier molecular flexibility index (Phi) is 7.17. The third-order valence-corrected chi connectivity index (χ3v) is 4.43. The fourth-order valence-corrected chi connectivity index (χ4v) is 3.21. The first kappa shape index (κ1) is 18.1. The van der Waals surface area contributed by atoms with Crippen LogP contribution in [0.15, 0.2) is 12.1 Å². The van der Waals surface area contributed by atoms with Crippen LogP contribution in [0.25, 0.3) is 0 Å². The molecule has 3 rings (SSSR count). The number of rotatable bonds is 1. The van der Waals surface area contributed by atoms with Crippen molar-refractivity contribution in [2.75, 3.05) is 38.1 Å². The Hall–Kier alpha value is 0.0839. The van der Waals surface area contributed by atoms with Crippen LogP contribution < -0.4 is 4.90 Å². The van der Waals surface area contributed by atoms with Crippen LogP contribution in [0.3, 0.4) is 0 Å². The second-order valence-corrected chi connectivity index (χ2v) is 5.68. The van der Waals surface area contributed by atoms with Crippen LogP contribution in [0.4, 0.5) is 5.69 Å². The van der Waals surface area contributed by atoms with E-state index in [1.165, 1.54) is 56.7 Å². The first-order valence-electron chi connectivity index (χ1n) is 7.12. The SMILES string of the molecule is Cc1ccc(N2CCN(C)CC2)c2c1CC[CH-]C2.[CH3-].[Y]. The standard InChI is InChI=1S/C16H23N2.CH3.Y/c1-13-7-8-16(15-6-4-3-5-14(13)15)18-11-9-17(2)10-12-18;;/h4,7-8H,3,5-6,9-12H2,1-2H3;1H3;/q2*-1;. The van der Waals surface area contributed by atoms with Gasteiger partial charge in [0, 0.05) is 64.6 Å². The van der Waals surface area contributed by atoms with Crippen molar-refractivity contribution in [3.63, 3.8) is 0 Å². The molecular formula is C17H26N2Y-2. The van der Waals surface area contributed by atoms with Crippen LogP contribution in [-0.2, 0) is 45.6 Å². The van der Waals surface area contributed by atoms with E-state index in [4.69, 9.17) is 0 Å². The van der Waals surface area contributed by atoms with Gasteiger partial charge in [-0.15, -0.1) is 0 Å². The van der Waals surface area contributed by atoms with Crippen LogP contribution >= 0.6 is 0 Å². The second kappa shape index (κ2) is 7.91. The summed E-state index contributed by atoms with van der Waals surface area (Å²) in [5.74, 6) is 0. The summed E-state index contributed by atoms with van der Waals surface area (Å²) in [5.41, 5.74) is 6.20. The van der Waals surface area contributed by atoms with Gasteiger partial charge in [0.1, 0.15) is 0 Å². The summed E-state index contributed by atoms with van der Waals surface area (Å²) in [4.78, 5) is 5.00. The number of nitrogens with zero attached hydrogens (tertiary/aromatic N) is 2. The maximum atomic E-state index is 2.58. The van der Waals surface area contributed by atoms with Crippen molar-refractivity contribution in [2.45, 2.75) is 26.2 Å². The Morgan fingerprint density at radius 3 is 2.45 bits per heavy atom. The number of fused-ring (bicyclic) bond motifs is 1. The third kappa shape index (κ3) is 3.64. The molecule has 0 bridgehead atoms. The summed E-state index contributed by atoms with van der Waals surface area (Å²) in [6.07, 6.45) is 6.10. The molecule has 109 valence electrons. The van der Waals surface area contributed by atoms with Gasteiger partial charge < -0.3 is 23.6 Å². The Balaban J connectivity index is 0.000001000. The van der Waals surface area contributed by atoms with Gasteiger partial charge in [-0.2, -0.15) is 12.8 Å². The molecule has 3 heteroatoms. The summed E-state index contributed by atoms with van der Waals surface area (Å²) < 4.78 is 0. The molecule has 0 saturated carbocycles. The number of piperazine rings is 1. The van der Waals surface area contributed by atoms with Gasteiger partial charge in [-0.1, -0.05) is 18.1 Å². The Morgan fingerprint density at radius 1 is 1.05 bits per heavy atom. The van der Waals surface area contributed by atoms with E-state index in [2.05, 4.69) is 42.3 Å². The van der Waals surface area contributed by atoms with Crippen LogP contribution in [0, 0.1) is 20.8 Å². The second-order valence-electron chi connectivity index (χ2n) is 5.68. The van der Waals surface area contributed by atoms with Gasteiger partial charge >= 0.3 is 0 Å². The molecule has 0 N–H and O–H groups in total. The molecule has 1 aliphatic heterocycles. The van der Waals surface area contributed by atoms with Crippen molar-refractivity contribution in [1.82, 2.24) is 4.90 Å². The maximum absolute atomic E-state index is 2.58. The van der Waals surface area contributed by atoms with Gasteiger partial charge in [-0.25, -0.2) is 0 Å². The monoisotopic (exact) mass is 347 g/mol. The van der Waals surface area contributed by atoms with E-state index >= 15 is 0 Å². The maximum Gasteiger partial charge on any atom is 0.0376 e. The number of benzene rings is 1. The van der Waals surface area contributed by atoms with Crippen molar-refractivity contribution < 1.29 is 32.7 Å². The Labute approximate surface area is 149 Å². The summed E-state index contributed by atoms with van der Waals surface area (Å²) >= 11 is 0. The van der Waals surface area contributed by atoms with E-state index in [0.717, 1.165) is 0 Å². The van der Waals surface area contributed by atoms with E-state index in [9.17, 15) is 0 Å².